The highest BCUT2D eigenvalue weighted by Crippen LogP contribution is 2.40. The molecular weight excluding hydrogens is 516 g/mol. The molecule has 1 atom stereocenters. The quantitative estimate of drug-likeness (QED) is 0.180. The number of fused-ring (bicyclic) bond motifs is 1. The Kier molecular flexibility index (Phi) is 6.02. The Morgan fingerprint density at radius 2 is 1.71 bits per heavy atom. The number of carbonyl (C=O) groups is 2. The highest BCUT2D eigenvalue weighted by Gasteiger charge is 2.45. The first-order valence-corrected chi connectivity index (χ1v) is 12.0. The number of aromatic amines is 1. The number of aliphatic hydroxyl groups excluding tert-OH is 1. The maximum Gasteiger partial charge on any atom is 0.295 e. The summed E-state index contributed by atoms with van der Waals surface area (Å²) in [6.45, 7) is 0.324. The summed E-state index contributed by atoms with van der Waals surface area (Å²) >= 11 is 9.42. The van der Waals surface area contributed by atoms with Crippen LogP contribution in [0, 0.1) is 0 Å². The molecule has 7 heteroatoms. The number of nitrogens with zero attached hydrogens (tertiary/aromatic N) is 1. The summed E-state index contributed by atoms with van der Waals surface area (Å²) in [5.41, 5.74) is 3.34. The summed E-state index contributed by atoms with van der Waals surface area (Å²) in [4.78, 5) is 31.1. The van der Waals surface area contributed by atoms with Crippen molar-refractivity contribution in [2.75, 3.05) is 6.54 Å². The molecule has 0 aliphatic carbocycles. The minimum absolute atomic E-state index is 0.0774. The highest BCUT2D eigenvalue weighted by atomic mass is 79.9. The number of aliphatic hydroxyl groups is 1. The number of nitrogens with one attached hydrogen (secondary N) is 1. The summed E-state index contributed by atoms with van der Waals surface area (Å²) in [5.74, 6) is -1.53. The molecule has 1 aliphatic rings. The fourth-order valence-electron chi connectivity index (χ4n) is 4.44. The number of halogens is 2. The number of benzene rings is 3. The zero-order valence-corrected chi connectivity index (χ0v) is 20.3. The summed E-state index contributed by atoms with van der Waals surface area (Å²) in [6.07, 6.45) is 2.49. The molecule has 1 saturated heterocycles. The number of rotatable bonds is 5. The number of ketones is 1. The van der Waals surface area contributed by atoms with Crippen molar-refractivity contribution >= 4 is 55.9 Å². The van der Waals surface area contributed by atoms with E-state index in [1.54, 1.807) is 29.2 Å². The van der Waals surface area contributed by atoms with Crippen LogP contribution in [-0.4, -0.2) is 33.2 Å². The summed E-state index contributed by atoms with van der Waals surface area (Å²) in [5, 5.41) is 12.7. The lowest BCUT2D eigenvalue weighted by molar-refractivity contribution is -0.139. The molecule has 5 nitrogen and oxygen atoms in total. The van der Waals surface area contributed by atoms with Crippen LogP contribution in [-0.2, 0) is 16.0 Å². The Hall–Kier alpha value is -3.35. The summed E-state index contributed by atoms with van der Waals surface area (Å²) in [6, 6.07) is 21.2. The zero-order chi connectivity index (χ0) is 23.8. The maximum atomic E-state index is 13.2. The first-order chi connectivity index (χ1) is 16.4. The Balaban J connectivity index is 1.56. The van der Waals surface area contributed by atoms with Crippen molar-refractivity contribution in [1.82, 2.24) is 9.88 Å². The lowest BCUT2D eigenvalue weighted by Gasteiger charge is -2.25. The molecule has 2 N–H and O–H groups in total. The second kappa shape index (κ2) is 9.12. The van der Waals surface area contributed by atoms with Crippen LogP contribution in [0.15, 0.2) is 89.0 Å². The van der Waals surface area contributed by atoms with E-state index in [4.69, 9.17) is 11.6 Å². The molecule has 1 fully saturated rings. The number of hydrogen-bond donors (Lipinski definition) is 2. The van der Waals surface area contributed by atoms with Crippen LogP contribution in [0.2, 0.25) is 5.02 Å². The smallest absolute Gasteiger partial charge is 0.295 e. The molecule has 1 aliphatic heterocycles. The van der Waals surface area contributed by atoms with E-state index in [0.717, 1.165) is 26.5 Å². The Morgan fingerprint density at radius 3 is 2.44 bits per heavy atom. The number of H-pyrrole nitrogens is 1. The lowest BCUT2D eigenvalue weighted by Crippen LogP contribution is -2.31. The van der Waals surface area contributed by atoms with Gasteiger partial charge >= 0.3 is 0 Å². The normalized spacial score (nSPS) is 17.6. The van der Waals surface area contributed by atoms with E-state index >= 15 is 0 Å². The molecule has 5 rings (SSSR count). The number of hydrogen-bond acceptors (Lipinski definition) is 3. The third-order valence-electron chi connectivity index (χ3n) is 6.14. The minimum atomic E-state index is -0.700. The third kappa shape index (κ3) is 4.04. The van der Waals surface area contributed by atoms with Gasteiger partial charge in [-0.15, -0.1) is 0 Å². The molecule has 4 aromatic rings. The summed E-state index contributed by atoms with van der Waals surface area (Å²) < 4.78 is 0.879. The molecule has 1 unspecified atom stereocenters. The van der Waals surface area contributed by atoms with E-state index in [-0.39, 0.29) is 11.3 Å². The van der Waals surface area contributed by atoms with Crippen LogP contribution in [0.5, 0.6) is 0 Å². The van der Waals surface area contributed by atoms with E-state index in [2.05, 4.69) is 20.9 Å². The predicted octanol–water partition coefficient (Wildman–Crippen LogP) is 6.25. The second-order valence-corrected chi connectivity index (χ2v) is 9.51. The van der Waals surface area contributed by atoms with Crippen LogP contribution in [0.1, 0.15) is 22.7 Å². The van der Waals surface area contributed by atoms with Gasteiger partial charge in [0.2, 0.25) is 0 Å². The molecule has 34 heavy (non-hydrogen) atoms. The number of likely N-dealkylation sites (tertiary alicyclic amines) is 1. The third-order valence-corrected chi connectivity index (χ3v) is 6.92. The van der Waals surface area contributed by atoms with Crippen molar-refractivity contribution in [3.63, 3.8) is 0 Å². The molecule has 0 bridgehead atoms. The van der Waals surface area contributed by atoms with Crippen LogP contribution in [0.3, 0.4) is 0 Å². The van der Waals surface area contributed by atoms with E-state index in [1.807, 2.05) is 54.7 Å². The van der Waals surface area contributed by atoms with E-state index in [0.29, 0.717) is 23.6 Å². The maximum absolute atomic E-state index is 13.2. The number of carbonyl (C=O) groups excluding carboxylic acids is 2. The van der Waals surface area contributed by atoms with Crippen molar-refractivity contribution < 1.29 is 14.7 Å². The van der Waals surface area contributed by atoms with Gasteiger partial charge in [0.05, 0.1) is 11.6 Å². The predicted molar refractivity (Wildman–Crippen MR) is 137 cm³/mol. The van der Waals surface area contributed by atoms with Crippen LogP contribution in [0.25, 0.3) is 16.7 Å². The first kappa shape index (κ1) is 22.4. The van der Waals surface area contributed by atoms with Gasteiger partial charge in [-0.2, -0.15) is 0 Å². The molecule has 1 aromatic heterocycles. The van der Waals surface area contributed by atoms with Crippen molar-refractivity contribution in [2.45, 2.75) is 12.5 Å². The highest BCUT2D eigenvalue weighted by molar-refractivity contribution is 9.10. The molecule has 0 radical (unpaired) electrons. The largest absolute Gasteiger partial charge is 0.507 e. The lowest BCUT2D eigenvalue weighted by atomic mass is 9.95. The monoisotopic (exact) mass is 534 g/mol. The minimum Gasteiger partial charge on any atom is -0.507 e. The number of aromatic nitrogens is 1. The topological polar surface area (TPSA) is 73.4 Å². The van der Waals surface area contributed by atoms with Gasteiger partial charge in [-0.3, -0.25) is 9.59 Å². The van der Waals surface area contributed by atoms with Crippen LogP contribution in [0.4, 0.5) is 0 Å². The Morgan fingerprint density at radius 1 is 1.00 bits per heavy atom. The Bertz CT molecular complexity index is 1420. The number of amides is 1. The number of Topliss-reactive ketones (excluding diaryl/α,β-unsaturated/α-hetero) is 1. The van der Waals surface area contributed by atoms with Crippen molar-refractivity contribution in [2.24, 2.45) is 0 Å². The second-order valence-electron chi connectivity index (χ2n) is 8.16. The van der Waals surface area contributed by atoms with Gasteiger partial charge in [-0.1, -0.05) is 57.9 Å². The van der Waals surface area contributed by atoms with Crippen LogP contribution < -0.4 is 0 Å². The first-order valence-electron chi connectivity index (χ1n) is 10.8. The van der Waals surface area contributed by atoms with Gasteiger partial charge in [-0.05, 0) is 60.0 Å². The summed E-state index contributed by atoms with van der Waals surface area (Å²) in [7, 11) is 0. The van der Waals surface area contributed by atoms with Crippen molar-refractivity contribution in [3.05, 3.63) is 111 Å². The molecule has 2 heterocycles. The molecule has 1 amide bonds. The van der Waals surface area contributed by atoms with Gasteiger partial charge in [-0.25, -0.2) is 0 Å². The van der Waals surface area contributed by atoms with Gasteiger partial charge in [0, 0.05) is 38.7 Å². The molecule has 170 valence electrons. The molecule has 0 spiro atoms. The Labute approximate surface area is 209 Å². The van der Waals surface area contributed by atoms with Gasteiger partial charge in [0.15, 0.2) is 0 Å². The average Bonchev–Trinajstić information content (AvgIpc) is 3.37. The number of para-hydroxylation sites is 1. The average molecular weight is 536 g/mol. The SMILES string of the molecule is O=C1C(=O)N(CCc2c[nH]c3ccccc23)C(c2ccc(Br)cc2)C1=C(O)c1ccc(Cl)cc1. The van der Waals surface area contributed by atoms with E-state index < -0.39 is 17.7 Å². The molecular formula is C27H20BrClN2O3. The zero-order valence-electron chi connectivity index (χ0n) is 18.0. The van der Waals surface area contributed by atoms with Gasteiger partial charge in [0.1, 0.15) is 5.76 Å². The standard InChI is InChI=1S/C27H20BrClN2O3/c28-19-9-5-16(6-10-19)24-23(25(32)17-7-11-20(29)12-8-17)26(33)27(34)31(24)14-13-18-15-30-22-4-2-1-3-21(18)22/h1-12,15,24,30,32H,13-14H2. The molecule has 0 saturated carbocycles. The van der Waals surface area contributed by atoms with Crippen molar-refractivity contribution in [1.29, 1.82) is 0 Å². The van der Waals surface area contributed by atoms with Crippen LogP contribution >= 0.6 is 27.5 Å². The van der Waals surface area contributed by atoms with Crippen molar-refractivity contribution in [3.8, 4) is 0 Å². The fourth-order valence-corrected chi connectivity index (χ4v) is 4.84. The van der Waals surface area contributed by atoms with E-state index in [1.165, 1.54) is 0 Å². The van der Waals surface area contributed by atoms with Gasteiger partial charge in [0.25, 0.3) is 11.7 Å². The van der Waals surface area contributed by atoms with Gasteiger partial charge < -0.3 is 15.0 Å². The van der Waals surface area contributed by atoms with E-state index in [9.17, 15) is 14.7 Å². The molecule has 3 aromatic carbocycles. The fraction of sp³-hybridized carbons (Fsp3) is 0.111.